The van der Waals surface area contributed by atoms with E-state index < -0.39 is 0 Å². The van der Waals surface area contributed by atoms with E-state index in [0.29, 0.717) is 0 Å². The minimum absolute atomic E-state index is 0.237. The molecule has 0 aromatic carbocycles. The van der Waals surface area contributed by atoms with Crippen LogP contribution in [0.15, 0.2) is 0 Å². The van der Waals surface area contributed by atoms with Crippen molar-refractivity contribution in [2.24, 2.45) is 0 Å². The molecule has 0 N–H and O–H groups in total. The summed E-state index contributed by atoms with van der Waals surface area (Å²) in [4.78, 5) is 0. The molecule has 1 saturated carbocycles. The van der Waals surface area contributed by atoms with Crippen LogP contribution in [0.1, 0.15) is 53.4 Å². The highest BCUT2D eigenvalue weighted by Gasteiger charge is 2.29. The Morgan fingerprint density at radius 3 is 1.67 bits per heavy atom. The zero-order chi connectivity index (χ0) is 9.14. The van der Waals surface area contributed by atoms with Crippen LogP contribution in [0, 0.1) is 5.66 Å². The van der Waals surface area contributed by atoms with Gasteiger partial charge in [0, 0.05) is 5.66 Å². The first-order chi connectivity index (χ1) is 5.63. The predicted octanol–water partition coefficient (Wildman–Crippen LogP) is 4.39. The Balaban J connectivity index is 2.52. The van der Waals surface area contributed by atoms with Crippen LogP contribution >= 0.6 is 7.92 Å². The van der Waals surface area contributed by atoms with Crippen molar-refractivity contribution >= 4 is 7.92 Å². The van der Waals surface area contributed by atoms with Crippen LogP contribution in [0.2, 0.25) is 0 Å². The second-order valence-electron chi connectivity index (χ2n) is 4.37. The van der Waals surface area contributed by atoms with E-state index >= 15 is 0 Å². The molecule has 0 aromatic heterocycles. The van der Waals surface area contributed by atoms with Gasteiger partial charge in [0.1, 0.15) is 0 Å². The van der Waals surface area contributed by atoms with E-state index in [4.69, 9.17) is 0 Å². The zero-order valence-electron chi connectivity index (χ0n) is 8.93. The van der Waals surface area contributed by atoms with Crippen molar-refractivity contribution in [3.63, 3.8) is 0 Å². The maximum Gasteiger partial charge on any atom is 0.000593 e. The van der Waals surface area contributed by atoms with Gasteiger partial charge in [0.2, 0.25) is 0 Å². The molecule has 1 radical (unpaired) electrons. The summed E-state index contributed by atoms with van der Waals surface area (Å²) in [7, 11) is 0.237. The summed E-state index contributed by atoms with van der Waals surface area (Å²) in [6.45, 7) is 9.60. The Labute approximate surface area is 78.9 Å². The fourth-order valence-corrected chi connectivity index (χ4v) is 5.85. The summed E-state index contributed by atoms with van der Waals surface area (Å²) in [5, 5.41) is 0. The third-order valence-corrected chi connectivity index (χ3v) is 6.06. The fourth-order valence-electron chi connectivity index (χ4n) is 2.37. The second kappa shape index (κ2) is 4.61. The molecule has 12 heavy (non-hydrogen) atoms. The lowest BCUT2D eigenvalue weighted by molar-refractivity contribution is 0.886. The van der Waals surface area contributed by atoms with E-state index in [-0.39, 0.29) is 7.92 Å². The molecule has 0 saturated heterocycles. The molecule has 0 atom stereocenters. The molecular weight excluding hydrogens is 163 g/mol. The molecule has 0 unspecified atom stereocenters. The fraction of sp³-hybridized carbons (Fsp3) is 0.909. The summed E-state index contributed by atoms with van der Waals surface area (Å²) in [5.41, 5.74) is 3.75. The number of hydrogen-bond acceptors (Lipinski definition) is 0. The molecule has 1 fully saturated rings. The van der Waals surface area contributed by atoms with Gasteiger partial charge in [-0.3, -0.25) is 0 Å². The zero-order valence-corrected chi connectivity index (χ0v) is 9.82. The minimum Gasteiger partial charge on any atom is -0.0942 e. The Morgan fingerprint density at radius 2 is 1.33 bits per heavy atom. The van der Waals surface area contributed by atoms with Crippen molar-refractivity contribution < 1.29 is 0 Å². The Hall–Kier alpha value is 0.430. The van der Waals surface area contributed by atoms with Crippen LogP contribution in [0.4, 0.5) is 0 Å². The standard InChI is InChI=1S/C11H22P/c1-9(2)12(10(3)4)11-7-5-6-8-11/h9-10H,5-8H2,1-4H3. The van der Waals surface area contributed by atoms with E-state index in [1.165, 1.54) is 25.7 Å². The quantitative estimate of drug-likeness (QED) is 0.572. The molecule has 0 spiro atoms. The molecule has 1 aliphatic carbocycles. The first-order valence-corrected chi connectivity index (χ1v) is 6.74. The third-order valence-electron chi connectivity index (χ3n) is 2.66. The first-order valence-electron chi connectivity index (χ1n) is 5.26. The lowest BCUT2D eigenvalue weighted by Crippen LogP contribution is -2.08. The van der Waals surface area contributed by atoms with Crippen molar-refractivity contribution in [2.75, 3.05) is 0 Å². The van der Waals surface area contributed by atoms with Crippen LogP contribution in [0.3, 0.4) is 0 Å². The van der Waals surface area contributed by atoms with Gasteiger partial charge in [-0.1, -0.05) is 48.5 Å². The van der Waals surface area contributed by atoms with E-state index in [9.17, 15) is 0 Å². The Bertz CT molecular complexity index is 115. The summed E-state index contributed by atoms with van der Waals surface area (Å²) >= 11 is 0. The predicted molar refractivity (Wildman–Crippen MR) is 58.9 cm³/mol. The average Bonchev–Trinajstić information content (AvgIpc) is 2.37. The molecule has 71 valence electrons. The normalized spacial score (nSPS) is 20.2. The highest BCUT2D eigenvalue weighted by molar-refractivity contribution is 7.62. The molecule has 1 rings (SSSR count). The van der Waals surface area contributed by atoms with E-state index in [1.807, 2.05) is 5.66 Å². The highest BCUT2D eigenvalue weighted by Crippen LogP contribution is 2.60. The smallest absolute Gasteiger partial charge is 0.000593 e. The first kappa shape index (κ1) is 10.5. The van der Waals surface area contributed by atoms with Crippen molar-refractivity contribution in [3.8, 4) is 0 Å². The van der Waals surface area contributed by atoms with Crippen molar-refractivity contribution in [1.82, 2.24) is 0 Å². The van der Waals surface area contributed by atoms with Gasteiger partial charge in [0.25, 0.3) is 0 Å². The van der Waals surface area contributed by atoms with Crippen LogP contribution in [0.5, 0.6) is 0 Å². The number of rotatable bonds is 3. The molecule has 0 aliphatic heterocycles. The van der Waals surface area contributed by atoms with Crippen LogP contribution < -0.4 is 0 Å². The van der Waals surface area contributed by atoms with Gasteiger partial charge < -0.3 is 0 Å². The van der Waals surface area contributed by atoms with Crippen LogP contribution in [-0.2, 0) is 0 Å². The molecule has 0 heterocycles. The highest BCUT2D eigenvalue weighted by atomic mass is 31.1. The van der Waals surface area contributed by atoms with Crippen LogP contribution in [-0.4, -0.2) is 11.3 Å². The summed E-state index contributed by atoms with van der Waals surface area (Å²) in [6.07, 6.45) is 5.82. The lowest BCUT2D eigenvalue weighted by atomic mass is 10.4. The monoisotopic (exact) mass is 185 g/mol. The average molecular weight is 185 g/mol. The van der Waals surface area contributed by atoms with Gasteiger partial charge in [-0.25, -0.2) is 0 Å². The van der Waals surface area contributed by atoms with Gasteiger partial charge in [0.15, 0.2) is 0 Å². The summed E-state index contributed by atoms with van der Waals surface area (Å²) in [6, 6.07) is 0. The summed E-state index contributed by atoms with van der Waals surface area (Å²) < 4.78 is 0. The molecule has 0 nitrogen and oxygen atoms in total. The van der Waals surface area contributed by atoms with Crippen molar-refractivity contribution in [1.29, 1.82) is 0 Å². The largest absolute Gasteiger partial charge is 0.0942 e. The third kappa shape index (κ3) is 2.46. The molecular formula is C11H22P. The van der Waals surface area contributed by atoms with Gasteiger partial charge in [0.05, 0.1) is 0 Å². The van der Waals surface area contributed by atoms with E-state index in [2.05, 4.69) is 27.7 Å². The molecule has 0 aromatic rings. The maximum atomic E-state index is 2.40. The maximum absolute atomic E-state index is 2.40. The SMILES string of the molecule is CC(C)P([C]1CCCC1)C(C)C. The Kier molecular flexibility index (Phi) is 4.03. The molecule has 1 aliphatic rings. The van der Waals surface area contributed by atoms with Gasteiger partial charge >= 0.3 is 0 Å². The van der Waals surface area contributed by atoms with Gasteiger partial charge in [-0.2, -0.15) is 0 Å². The lowest BCUT2D eigenvalue weighted by Gasteiger charge is -2.31. The van der Waals surface area contributed by atoms with E-state index in [1.54, 1.807) is 0 Å². The van der Waals surface area contributed by atoms with Crippen LogP contribution in [0.25, 0.3) is 0 Å². The minimum atomic E-state index is 0.237. The topological polar surface area (TPSA) is 0 Å². The van der Waals surface area contributed by atoms with Gasteiger partial charge in [-0.05, 0) is 24.2 Å². The summed E-state index contributed by atoms with van der Waals surface area (Å²) in [5.74, 6) is 0. The van der Waals surface area contributed by atoms with Crippen molar-refractivity contribution in [2.45, 2.75) is 64.7 Å². The van der Waals surface area contributed by atoms with E-state index in [0.717, 1.165) is 11.3 Å². The molecule has 1 heteroatoms. The van der Waals surface area contributed by atoms with Gasteiger partial charge in [-0.15, -0.1) is 0 Å². The molecule has 0 amide bonds. The van der Waals surface area contributed by atoms with Crippen molar-refractivity contribution in [3.05, 3.63) is 5.66 Å². The second-order valence-corrected chi connectivity index (χ2v) is 7.88. The number of hydrogen-bond donors (Lipinski definition) is 0. The Morgan fingerprint density at radius 1 is 0.917 bits per heavy atom. The molecule has 0 bridgehead atoms.